The molecule has 0 spiro atoms. The van der Waals surface area contributed by atoms with E-state index in [4.69, 9.17) is 9.47 Å². The zero-order valence-electron chi connectivity index (χ0n) is 11.3. The average molecular weight is 281 g/mol. The highest BCUT2D eigenvalue weighted by Gasteiger charge is 2.19. The fraction of sp³-hybridized carbons (Fsp3) is 0.385. The summed E-state index contributed by atoms with van der Waals surface area (Å²) in [6.45, 7) is 3.65. The Balaban J connectivity index is 3.11. The van der Waals surface area contributed by atoms with Crippen molar-refractivity contribution in [3.8, 4) is 0 Å². The second-order valence-electron chi connectivity index (χ2n) is 3.80. The lowest BCUT2D eigenvalue weighted by atomic mass is 10.0. The van der Waals surface area contributed by atoms with Gasteiger partial charge in [-0.1, -0.05) is 6.07 Å². The van der Waals surface area contributed by atoms with Crippen LogP contribution in [-0.2, 0) is 20.7 Å². The van der Waals surface area contributed by atoms with E-state index in [-0.39, 0.29) is 30.9 Å². The second kappa shape index (κ2) is 7.22. The molecule has 0 N–H and O–H groups in total. The van der Waals surface area contributed by atoms with Crippen LogP contribution in [0.4, 0.5) is 5.69 Å². The molecule has 1 aromatic carbocycles. The predicted octanol–water partition coefficient (Wildman–Crippen LogP) is 1.88. The maximum absolute atomic E-state index is 11.8. The van der Waals surface area contributed by atoms with Gasteiger partial charge in [0.1, 0.15) is 0 Å². The zero-order valence-corrected chi connectivity index (χ0v) is 11.3. The first kappa shape index (κ1) is 15.6. The second-order valence-corrected chi connectivity index (χ2v) is 3.80. The van der Waals surface area contributed by atoms with E-state index in [1.807, 2.05) is 0 Å². The van der Waals surface area contributed by atoms with Gasteiger partial charge in [-0.15, -0.1) is 0 Å². The van der Waals surface area contributed by atoms with Gasteiger partial charge < -0.3 is 9.47 Å². The molecule has 0 aromatic heterocycles. The Labute approximate surface area is 115 Å². The third kappa shape index (κ3) is 4.04. The van der Waals surface area contributed by atoms with Crippen LogP contribution >= 0.6 is 0 Å². The normalized spacial score (nSPS) is 9.90. The summed E-state index contributed by atoms with van der Waals surface area (Å²) in [5, 5.41) is 10.7. The maximum Gasteiger partial charge on any atom is 0.338 e. The number of nitro groups is 1. The summed E-state index contributed by atoms with van der Waals surface area (Å²) < 4.78 is 9.62. The fourth-order valence-electron chi connectivity index (χ4n) is 1.60. The topological polar surface area (TPSA) is 95.7 Å². The monoisotopic (exact) mass is 281 g/mol. The minimum atomic E-state index is -0.699. The maximum atomic E-state index is 11.8. The Hall–Kier alpha value is -2.44. The van der Waals surface area contributed by atoms with Gasteiger partial charge >= 0.3 is 11.9 Å². The Morgan fingerprint density at radius 1 is 1.20 bits per heavy atom. The molecule has 0 saturated heterocycles. The molecule has 1 aromatic rings. The van der Waals surface area contributed by atoms with Gasteiger partial charge in [0.15, 0.2) is 0 Å². The molecular formula is C13H15NO6. The quantitative estimate of drug-likeness (QED) is 0.448. The minimum absolute atomic E-state index is 0.00843. The molecule has 108 valence electrons. The summed E-state index contributed by atoms with van der Waals surface area (Å²) in [6.07, 6.45) is -0.139. The zero-order chi connectivity index (χ0) is 15.1. The van der Waals surface area contributed by atoms with Crippen LogP contribution in [0.3, 0.4) is 0 Å². The molecule has 0 atom stereocenters. The number of hydrogen-bond donors (Lipinski definition) is 0. The van der Waals surface area contributed by atoms with Crippen LogP contribution in [0.15, 0.2) is 18.2 Å². The number of rotatable bonds is 6. The molecule has 0 aliphatic carbocycles. The number of nitro benzene ring substituents is 1. The summed E-state index contributed by atoms with van der Waals surface area (Å²) >= 11 is 0. The molecule has 0 bridgehead atoms. The van der Waals surface area contributed by atoms with Crippen molar-refractivity contribution in [1.29, 1.82) is 0 Å². The molecule has 0 heterocycles. The summed E-state index contributed by atoms with van der Waals surface area (Å²) in [5.41, 5.74) is 0.113. The van der Waals surface area contributed by atoms with Gasteiger partial charge in [-0.3, -0.25) is 14.9 Å². The Bertz CT molecular complexity index is 526. The van der Waals surface area contributed by atoms with E-state index in [9.17, 15) is 19.7 Å². The summed E-state index contributed by atoms with van der Waals surface area (Å²) in [6, 6.07) is 3.70. The van der Waals surface area contributed by atoms with Gasteiger partial charge in [0.2, 0.25) is 0 Å². The van der Waals surface area contributed by atoms with E-state index in [0.29, 0.717) is 5.56 Å². The van der Waals surface area contributed by atoms with Crippen molar-refractivity contribution >= 4 is 17.6 Å². The van der Waals surface area contributed by atoms with Crippen LogP contribution < -0.4 is 0 Å². The summed E-state index contributed by atoms with van der Waals surface area (Å²) in [7, 11) is 0. The number of carbonyl (C=O) groups excluding carboxylic acids is 2. The van der Waals surface area contributed by atoms with E-state index in [2.05, 4.69) is 0 Å². The van der Waals surface area contributed by atoms with E-state index in [0.717, 1.165) is 6.07 Å². The van der Waals surface area contributed by atoms with Crippen molar-refractivity contribution in [2.24, 2.45) is 0 Å². The summed E-state index contributed by atoms with van der Waals surface area (Å²) in [4.78, 5) is 33.4. The molecule has 7 heteroatoms. The van der Waals surface area contributed by atoms with Crippen molar-refractivity contribution in [2.45, 2.75) is 20.3 Å². The summed E-state index contributed by atoms with van der Waals surface area (Å²) in [5.74, 6) is -1.21. The highest BCUT2D eigenvalue weighted by molar-refractivity contribution is 5.93. The van der Waals surface area contributed by atoms with Gasteiger partial charge in [-0.05, 0) is 19.4 Å². The number of nitrogens with zero attached hydrogens (tertiary/aromatic N) is 1. The molecule has 20 heavy (non-hydrogen) atoms. The van der Waals surface area contributed by atoms with Gasteiger partial charge in [0.05, 0.1) is 30.1 Å². The number of benzene rings is 1. The third-order valence-electron chi connectivity index (χ3n) is 2.44. The fourth-order valence-corrected chi connectivity index (χ4v) is 1.60. The predicted molar refractivity (Wildman–Crippen MR) is 69.4 cm³/mol. The first-order valence-electron chi connectivity index (χ1n) is 6.09. The smallest absolute Gasteiger partial charge is 0.338 e. The molecule has 0 radical (unpaired) electrons. The lowest BCUT2D eigenvalue weighted by Crippen LogP contribution is -2.13. The van der Waals surface area contributed by atoms with E-state index >= 15 is 0 Å². The Morgan fingerprint density at radius 3 is 2.40 bits per heavy atom. The first-order chi connectivity index (χ1) is 9.49. The van der Waals surface area contributed by atoms with Crippen molar-refractivity contribution in [3.63, 3.8) is 0 Å². The van der Waals surface area contributed by atoms with Crippen LogP contribution in [0, 0.1) is 10.1 Å². The van der Waals surface area contributed by atoms with Gasteiger partial charge in [-0.25, -0.2) is 4.79 Å². The van der Waals surface area contributed by atoms with Crippen LogP contribution in [0.1, 0.15) is 29.8 Å². The lowest BCUT2D eigenvalue weighted by Gasteiger charge is -2.08. The van der Waals surface area contributed by atoms with Crippen molar-refractivity contribution in [3.05, 3.63) is 39.4 Å². The SMILES string of the molecule is CCOC(=O)Cc1ccc([N+](=O)[O-])cc1C(=O)OCC. The van der Waals surface area contributed by atoms with Gasteiger partial charge in [-0.2, -0.15) is 0 Å². The number of esters is 2. The molecule has 0 aliphatic heterocycles. The first-order valence-corrected chi connectivity index (χ1v) is 6.09. The molecule has 7 nitrogen and oxygen atoms in total. The van der Waals surface area contributed by atoms with E-state index in [1.165, 1.54) is 12.1 Å². The Morgan fingerprint density at radius 2 is 1.85 bits per heavy atom. The van der Waals surface area contributed by atoms with E-state index in [1.54, 1.807) is 13.8 Å². The standard InChI is InChI=1S/C13H15NO6/c1-3-19-12(15)7-9-5-6-10(14(17)18)8-11(9)13(16)20-4-2/h5-6,8H,3-4,7H2,1-2H3. The van der Waals surface area contributed by atoms with Crippen LogP contribution in [0.2, 0.25) is 0 Å². The molecule has 1 rings (SSSR count). The highest BCUT2D eigenvalue weighted by Crippen LogP contribution is 2.20. The Kier molecular flexibility index (Phi) is 5.64. The average Bonchev–Trinajstić information content (AvgIpc) is 2.39. The molecular weight excluding hydrogens is 266 g/mol. The van der Waals surface area contributed by atoms with Crippen molar-refractivity contribution < 1.29 is 24.0 Å². The molecule has 0 aliphatic rings. The number of non-ortho nitro benzene ring substituents is 1. The van der Waals surface area contributed by atoms with Crippen LogP contribution in [-0.4, -0.2) is 30.1 Å². The van der Waals surface area contributed by atoms with Crippen LogP contribution in [0.25, 0.3) is 0 Å². The van der Waals surface area contributed by atoms with Crippen LogP contribution in [0.5, 0.6) is 0 Å². The third-order valence-corrected chi connectivity index (χ3v) is 2.44. The molecule has 0 saturated carbocycles. The number of carbonyl (C=O) groups is 2. The van der Waals surface area contributed by atoms with Gasteiger partial charge in [0.25, 0.3) is 5.69 Å². The lowest BCUT2D eigenvalue weighted by molar-refractivity contribution is -0.384. The van der Waals surface area contributed by atoms with Crippen molar-refractivity contribution in [2.75, 3.05) is 13.2 Å². The number of ether oxygens (including phenoxy) is 2. The van der Waals surface area contributed by atoms with Gasteiger partial charge in [0, 0.05) is 12.1 Å². The van der Waals surface area contributed by atoms with E-state index < -0.39 is 16.9 Å². The molecule has 0 fully saturated rings. The molecule has 0 unspecified atom stereocenters. The molecule has 0 amide bonds. The van der Waals surface area contributed by atoms with Crippen molar-refractivity contribution in [1.82, 2.24) is 0 Å². The highest BCUT2D eigenvalue weighted by atomic mass is 16.6. The largest absolute Gasteiger partial charge is 0.466 e. The minimum Gasteiger partial charge on any atom is -0.466 e. The number of hydrogen-bond acceptors (Lipinski definition) is 6.